The summed E-state index contributed by atoms with van der Waals surface area (Å²) in [5.41, 5.74) is 1.44. The zero-order valence-corrected chi connectivity index (χ0v) is 12.9. The maximum absolute atomic E-state index is 10.8. The Labute approximate surface area is 121 Å². The molecule has 0 fully saturated rings. The molecule has 1 aromatic rings. The van der Waals surface area contributed by atoms with Gasteiger partial charge >= 0.3 is 5.97 Å². The first kappa shape index (κ1) is 16.7. The Hall–Kier alpha value is -1.39. The molecule has 112 valence electrons. The molecule has 0 saturated heterocycles. The van der Waals surface area contributed by atoms with Crippen LogP contribution in [0.2, 0.25) is 0 Å². The largest absolute Gasteiger partial charge is 0.478 e. The van der Waals surface area contributed by atoms with Crippen LogP contribution in [-0.4, -0.2) is 42.7 Å². The number of aromatic carboxylic acids is 1. The minimum absolute atomic E-state index is 0.333. The molecule has 1 atom stereocenters. The fourth-order valence-electron chi connectivity index (χ4n) is 2.17. The third-order valence-corrected chi connectivity index (χ3v) is 3.38. The van der Waals surface area contributed by atoms with Gasteiger partial charge in [0, 0.05) is 19.1 Å². The third-order valence-electron chi connectivity index (χ3n) is 3.38. The Morgan fingerprint density at radius 3 is 2.30 bits per heavy atom. The Bertz CT molecular complexity index is 413. The van der Waals surface area contributed by atoms with Gasteiger partial charge in [-0.1, -0.05) is 26.0 Å². The summed E-state index contributed by atoms with van der Waals surface area (Å²) in [5, 5.41) is 12.3. The van der Waals surface area contributed by atoms with E-state index in [1.54, 1.807) is 12.1 Å². The van der Waals surface area contributed by atoms with Crippen molar-refractivity contribution in [3.05, 3.63) is 35.4 Å². The molecule has 0 aliphatic carbocycles. The molecule has 1 unspecified atom stereocenters. The van der Waals surface area contributed by atoms with Gasteiger partial charge in [0.25, 0.3) is 0 Å². The molecule has 0 bridgehead atoms. The second-order valence-corrected chi connectivity index (χ2v) is 5.88. The number of hydrogen-bond donors (Lipinski definition) is 2. The lowest BCUT2D eigenvalue weighted by Gasteiger charge is -2.26. The molecular weight excluding hydrogens is 252 g/mol. The number of nitrogens with one attached hydrogen (secondary N) is 1. The van der Waals surface area contributed by atoms with Crippen LogP contribution in [-0.2, 0) is 6.54 Å². The van der Waals surface area contributed by atoms with Crippen molar-refractivity contribution >= 4 is 5.97 Å². The van der Waals surface area contributed by atoms with Crippen molar-refractivity contribution in [3.8, 4) is 0 Å². The number of hydrogen-bond acceptors (Lipinski definition) is 3. The smallest absolute Gasteiger partial charge is 0.335 e. The van der Waals surface area contributed by atoms with Crippen molar-refractivity contribution in [2.45, 2.75) is 32.9 Å². The molecule has 20 heavy (non-hydrogen) atoms. The maximum atomic E-state index is 10.8. The topological polar surface area (TPSA) is 52.6 Å². The number of rotatable bonds is 8. The molecule has 0 spiro atoms. The van der Waals surface area contributed by atoms with Gasteiger partial charge in [0.2, 0.25) is 0 Å². The van der Waals surface area contributed by atoms with E-state index in [0.717, 1.165) is 25.1 Å². The van der Waals surface area contributed by atoms with Crippen molar-refractivity contribution in [1.29, 1.82) is 0 Å². The van der Waals surface area contributed by atoms with Gasteiger partial charge < -0.3 is 15.3 Å². The number of carboxylic acid groups (broad SMARTS) is 1. The van der Waals surface area contributed by atoms with Gasteiger partial charge in [0.1, 0.15) is 0 Å². The van der Waals surface area contributed by atoms with Crippen molar-refractivity contribution in [1.82, 2.24) is 10.2 Å². The SMILES string of the molecule is CC(C)CC(CNCc1ccc(C(=O)O)cc1)N(C)C. The standard InChI is InChI=1S/C16H26N2O2/c1-12(2)9-15(18(3)4)11-17-10-13-5-7-14(8-6-13)16(19)20/h5-8,12,15,17H,9-11H2,1-4H3,(H,19,20). The summed E-state index contributed by atoms with van der Waals surface area (Å²) in [6.45, 7) is 6.18. The van der Waals surface area contributed by atoms with Gasteiger partial charge in [-0.15, -0.1) is 0 Å². The normalized spacial score (nSPS) is 12.9. The highest BCUT2D eigenvalue weighted by Gasteiger charge is 2.12. The number of likely N-dealkylation sites (N-methyl/N-ethyl adjacent to an activating group) is 1. The molecule has 0 amide bonds. The van der Waals surface area contributed by atoms with Gasteiger partial charge in [0.15, 0.2) is 0 Å². The lowest BCUT2D eigenvalue weighted by atomic mass is 10.0. The highest BCUT2D eigenvalue weighted by atomic mass is 16.4. The van der Waals surface area contributed by atoms with E-state index in [-0.39, 0.29) is 0 Å². The predicted molar refractivity (Wildman–Crippen MR) is 82.0 cm³/mol. The maximum Gasteiger partial charge on any atom is 0.335 e. The quantitative estimate of drug-likeness (QED) is 0.767. The Morgan fingerprint density at radius 2 is 1.85 bits per heavy atom. The lowest BCUT2D eigenvalue weighted by Crippen LogP contribution is -2.38. The van der Waals surface area contributed by atoms with E-state index in [2.05, 4.69) is 38.2 Å². The van der Waals surface area contributed by atoms with E-state index in [4.69, 9.17) is 5.11 Å². The minimum atomic E-state index is -0.880. The molecule has 0 aliphatic rings. The first-order valence-electron chi connectivity index (χ1n) is 7.09. The molecule has 1 aromatic carbocycles. The van der Waals surface area contributed by atoms with Crippen molar-refractivity contribution in [2.75, 3.05) is 20.6 Å². The van der Waals surface area contributed by atoms with Crippen LogP contribution < -0.4 is 5.32 Å². The van der Waals surface area contributed by atoms with Crippen molar-refractivity contribution in [3.63, 3.8) is 0 Å². The zero-order valence-electron chi connectivity index (χ0n) is 12.9. The summed E-state index contributed by atoms with van der Waals surface area (Å²) in [6.07, 6.45) is 1.16. The molecule has 0 saturated carbocycles. The Balaban J connectivity index is 2.44. The Kier molecular flexibility index (Phi) is 6.68. The van der Waals surface area contributed by atoms with Crippen LogP contribution in [0.4, 0.5) is 0 Å². The fourth-order valence-corrected chi connectivity index (χ4v) is 2.17. The molecule has 0 aromatic heterocycles. The average Bonchev–Trinajstić information content (AvgIpc) is 2.37. The van der Waals surface area contributed by atoms with Crippen LogP contribution in [0.25, 0.3) is 0 Å². The van der Waals surface area contributed by atoms with Crippen LogP contribution in [0.3, 0.4) is 0 Å². The van der Waals surface area contributed by atoms with Gasteiger partial charge in [-0.2, -0.15) is 0 Å². The number of benzene rings is 1. The first-order chi connectivity index (χ1) is 9.40. The second-order valence-electron chi connectivity index (χ2n) is 5.88. The van der Waals surface area contributed by atoms with E-state index < -0.39 is 5.97 Å². The van der Waals surface area contributed by atoms with E-state index in [0.29, 0.717) is 17.5 Å². The summed E-state index contributed by atoms with van der Waals surface area (Å²) >= 11 is 0. The highest BCUT2D eigenvalue weighted by Crippen LogP contribution is 2.09. The molecule has 0 heterocycles. The molecule has 1 rings (SSSR count). The molecule has 4 nitrogen and oxygen atoms in total. The molecular formula is C16H26N2O2. The lowest BCUT2D eigenvalue weighted by molar-refractivity contribution is 0.0697. The van der Waals surface area contributed by atoms with E-state index in [9.17, 15) is 4.79 Å². The third kappa shape index (κ3) is 5.72. The first-order valence-corrected chi connectivity index (χ1v) is 7.09. The molecule has 0 radical (unpaired) electrons. The second kappa shape index (κ2) is 8.02. The van der Waals surface area contributed by atoms with E-state index in [1.807, 2.05) is 12.1 Å². The monoisotopic (exact) mass is 278 g/mol. The number of carbonyl (C=O) groups is 1. The van der Waals surface area contributed by atoms with Crippen molar-refractivity contribution in [2.24, 2.45) is 5.92 Å². The van der Waals surface area contributed by atoms with Gasteiger partial charge in [-0.25, -0.2) is 4.79 Å². The summed E-state index contributed by atoms with van der Waals surface area (Å²) in [5.74, 6) is -0.201. The summed E-state index contributed by atoms with van der Waals surface area (Å²) in [7, 11) is 4.22. The van der Waals surface area contributed by atoms with Crippen LogP contribution >= 0.6 is 0 Å². The van der Waals surface area contributed by atoms with Crippen LogP contribution in [0.1, 0.15) is 36.2 Å². The number of nitrogens with zero attached hydrogens (tertiary/aromatic N) is 1. The average molecular weight is 278 g/mol. The van der Waals surface area contributed by atoms with Crippen LogP contribution in [0.5, 0.6) is 0 Å². The predicted octanol–water partition coefficient (Wildman–Crippen LogP) is 2.45. The molecule has 2 N–H and O–H groups in total. The molecule has 4 heteroatoms. The van der Waals surface area contributed by atoms with Gasteiger partial charge in [0.05, 0.1) is 5.56 Å². The molecule has 0 aliphatic heterocycles. The Morgan fingerprint density at radius 1 is 1.25 bits per heavy atom. The number of carboxylic acids is 1. The van der Waals surface area contributed by atoms with Crippen LogP contribution in [0.15, 0.2) is 24.3 Å². The summed E-state index contributed by atoms with van der Waals surface area (Å²) < 4.78 is 0. The van der Waals surface area contributed by atoms with Crippen LogP contribution in [0, 0.1) is 5.92 Å². The van der Waals surface area contributed by atoms with E-state index >= 15 is 0 Å². The van der Waals surface area contributed by atoms with E-state index in [1.165, 1.54) is 0 Å². The highest BCUT2D eigenvalue weighted by molar-refractivity contribution is 5.87. The fraction of sp³-hybridized carbons (Fsp3) is 0.562. The van der Waals surface area contributed by atoms with Gasteiger partial charge in [-0.05, 0) is 44.1 Å². The summed E-state index contributed by atoms with van der Waals surface area (Å²) in [4.78, 5) is 13.0. The minimum Gasteiger partial charge on any atom is -0.478 e. The zero-order chi connectivity index (χ0) is 15.1. The van der Waals surface area contributed by atoms with Crippen molar-refractivity contribution < 1.29 is 9.90 Å². The van der Waals surface area contributed by atoms with Gasteiger partial charge in [-0.3, -0.25) is 0 Å². The summed E-state index contributed by atoms with van der Waals surface area (Å²) in [6, 6.07) is 7.55.